The molecule has 2 amide bonds. The van der Waals surface area contributed by atoms with Gasteiger partial charge >= 0.3 is 0 Å². The van der Waals surface area contributed by atoms with E-state index in [1.807, 2.05) is 9.80 Å². The van der Waals surface area contributed by atoms with Crippen molar-refractivity contribution < 1.29 is 9.59 Å². The van der Waals surface area contributed by atoms with Gasteiger partial charge in [0, 0.05) is 63.5 Å². The molecule has 1 aromatic heterocycles. The topological polar surface area (TPSA) is 43.9 Å². The van der Waals surface area contributed by atoms with Gasteiger partial charge in [-0.1, -0.05) is 0 Å². The number of carbonyl (C=O) groups is 2. The van der Waals surface area contributed by atoms with Crippen LogP contribution >= 0.6 is 27.3 Å². The first-order valence-corrected chi connectivity index (χ1v) is 9.75. The fourth-order valence-corrected chi connectivity index (χ4v) is 4.67. The molecule has 0 unspecified atom stereocenters. The maximum Gasteiger partial charge on any atom is 0.224 e. The zero-order chi connectivity index (χ0) is 16.2. The lowest BCUT2D eigenvalue weighted by Gasteiger charge is -2.34. The standard InChI is InChI=1S/C16H22BrN3O2S/c17-14-4-3-13(23-14)12-18-8-10-20(11-9-18)16(22)5-7-19-6-1-2-15(19)21/h3-4H,1-2,5-12H2. The van der Waals surface area contributed by atoms with Crippen molar-refractivity contribution in [2.24, 2.45) is 0 Å². The molecule has 126 valence electrons. The smallest absolute Gasteiger partial charge is 0.224 e. The Morgan fingerprint density at radius 3 is 2.57 bits per heavy atom. The third-order valence-electron chi connectivity index (χ3n) is 4.50. The number of likely N-dealkylation sites (tertiary alicyclic amines) is 1. The maximum atomic E-state index is 12.3. The Hall–Kier alpha value is -0.920. The van der Waals surface area contributed by atoms with Crippen LogP contribution in [0.25, 0.3) is 0 Å². The van der Waals surface area contributed by atoms with Crippen molar-refractivity contribution in [2.75, 3.05) is 39.3 Å². The van der Waals surface area contributed by atoms with Gasteiger partial charge in [0.1, 0.15) is 0 Å². The molecular formula is C16H22BrN3O2S. The molecule has 2 aliphatic heterocycles. The second kappa shape index (κ2) is 7.77. The van der Waals surface area contributed by atoms with E-state index in [9.17, 15) is 9.59 Å². The number of thiophene rings is 1. The lowest BCUT2D eigenvalue weighted by Crippen LogP contribution is -2.48. The number of hydrogen-bond donors (Lipinski definition) is 0. The highest BCUT2D eigenvalue weighted by molar-refractivity contribution is 9.11. The van der Waals surface area contributed by atoms with Crippen LogP contribution in [0.15, 0.2) is 15.9 Å². The molecule has 5 nitrogen and oxygen atoms in total. The number of nitrogens with zero attached hydrogens (tertiary/aromatic N) is 3. The molecule has 1 aromatic rings. The SMILES string of the molecule is O=C1CCCN1CCC(=O)N1CCN(Cc2ccc(Br)s2)CC1. The number of hydrogen-bond acceptors (Lipinski definition) is 4. The van der Waals surface area contributed by atoms with E-state index in [2.05, 4.69) is 33.0 Å². The Labute approximate surface area is 149 Å². The lowest BCUT2D eigenvalue weighted by molar-refractivity contribution is -0.134. The molecule has 0 saturated carbocycles. The summed E-state index contributed by atoms with van der Waals surface area (Å²) in [5, 5.41) is 0. The average molecular weight is 400 g/mol. The van der Waals surface area contributed by atoms with Gasteiger partial charge in [0.25, 0.3) is 0 Å². The highest BCUT2D eigenvalue weighted by Crippen LogP contribution is 2.23. The Kier molecular flexibility index (Phi) is 5.71. The molecule has 2 saturated heterocycles. The number of piperazine rings is 1. The third-order valence-corrected chi connectivity index (χ3v) is 6.11. The minimum absolute atomic E-state index is 0.184. The van der Waals surface area contributed by atoms with Crippen LogP contribution in [0.4, 0.5) is 0 Å². The van der Waals surface area contributed by atoms with Crippen molar-refractivity contribution in [1.82, 2.24) is 14.7 Å². The minimum Gasteiger partial charge on any atom is -0.342 e. The molecule has 2 aliphatic rings. The Morgan fingerprint density at radius 1 is 1.17 bits per heavy atom. The molecule has 2 fully saturated rings. The van der Waals surface area contributed by atoms with Gasteiger partial charge in [0.05, 0.1) is 3.79 Å². The van der Waals surface area contributed by atoms with E-state index >= 15 is 0 Å². The first kappa shape index (κ1) is 16.9. The van der Waals surface area contributed by atoms with Gasteiger partial charge in [-0.05, 0) is 34.5 Å². The first-order valence-electron chi connectivity index (χ1n) is 8.14. The summed E-state index contributed by atoms with van der Waals surface area (Å²) in [6.07, 6.45) is 2.04. The summed E-state index contributed by atoms with van der Waals surface area (Å²) in [5.41, 5.74) is 0. The van der Waals surface area contributed by atoms with E-state index in [-0.39, 0.29) is 11.8 Å². The van der Waals surface area contributed by atoms with Gasteiger partial charge in [-0.25, -0.2) is 0 Å². The number of rotatable bonds is 5. The number of carbonyl (C=O) groups excluding carboxylic acids is 2. The van der Waals surface area contributed by atoms with Gasteiger partial charge in [-0.15, -0.1) is 11.3 Å². The van der Waals surface area contributed by atoms with Crippen molar-refractivity contribution in [3.8, 4) is 0 Å². The molecule has 3 heterocycles. The van der Waals surface area contributed by atoms with E-state index < -0.39 is 0 Å². The van der Waals surface area contributed by atoms with Crippen LogP contribution in [0.3, 0.4) is 0 Å². The molecule has 0 aromatic carbocycles. The zero-order valence-electron chi connectivity index (χ0n) is 13.2. The quantitative estimate of drug-likeness (QED) is 0.761. The molecule has 0 N–H and O–H groups in total. The van der Waals surface area contributed by atoms with Crippen LogP contribution in [0.2, 0.25) is 0 Å². The Balaban J connectivity index is 1.39. The van der Waals surface area contributed by atoms with Crippen LogP contribution < -0.4 is 0 Å². The Morgan fingerprint density at radius 2 is 1.96 bits per heavy atom. The normalized spacial score (nSPS) is 19.6. The van der Waals surface area contributed by atoms with Crippen molar-refractivity contribution in [1.29, 1.82) is 0 Å². The molecule has 0 aliphatic carbocycles. The van der Waals surface area contributed by atoms with Gasteiger partial charge in [-0.2, -0.15) is 0 Å². The van der Waals surface area contributed by atoms with E-state index in [0.29, 0.717) is 19.4 Å². The van der Waals surface area contributed by atoms with Crippen LogP contribution in [-0.2, 0) is 16.1 Å². The van der Waals surface area contributed by atoms with Gasteiger partial charge in [-0.3, -0.25) is 14.5 Å². The van der Waals surface area contributed by atoms with E-state index in [0.717, 1.165) is 49.5 Å². The van der Waals surface area contributed by atoms with Gasteiger partial charge in [0.2, 0.25) is 11.8 Å². The summed E-state index contributed by atoms with van der Waals surface area (Å²) in [6, 6.07) is 4.23. The van der Waals surface area contributed by atoms with E-state index in [1.54, 1.807) is 11.3 Å². The highest BCUT2D eigenvalue weighted by atomic mass is 79.9. The number of halogens is 1. The predicted molar refractivity (Wildman–Crippen MR) is 94.3 cm³/mol. The van der Waals surface area contributed by atoms with E-state index in [1.165, 1.54) is 4.88 Å². The Bertz CT molecular complexity index is 569. The average Bonchev–Trinajstić information content (AvgIpc) is 3.14. The fraction of sp³-hybridized carbons (Fsp3) is 0.625. The molecule has 23 heavy (non-hydrogen) atoms. The minimum atomic E-state index is 0.184. The molecule has 0 atom stereocenters. The molecule has 7 heteroatoms. The fourth-order valence-electron chi connectivity index (χ4n) is 3.14. The summed E-state index contributed by atoms with van der Waals surface area (Å²) in [5.74, 6) is 0.382. The summed E-state index contributed by atoms with van der Waals surface area (Å²) in [6.45, 7) is 5.78. The van der Waals surface area contributed by atoms with Crippen LogP contribution in [0.1, 0.15) is 24.1 Å². The second-order valence-corrected chi connectivity index (χ2v) is 8.64. The molecule has 0 spiro atoms. The zero-order valence-corrected chi connectivity index (χ0v) is 15.6. The molecule has 0 radical (unpaired) electrons. The largest absolute Gasteiger partial charge is 0.342 e. The highest BCUT2D eigenvalue weighted by Gasteiger charge is 2.24. The van der Waals surface area contributed by atoms with Crippen LogP contribution in [0, 0.1) is 0 Å². The van der Waals surface area contributed by atoms with Gasteiger partial charge in [0.15, 0.2) is 0 Å². The predicted octanol–water partition coefficient (Wildman–Crippen LogP) is 2.17. The molecular weight excluding hydrogens is 378 g/mol. The van der Waals surface area contributed by atoms with Crippen molar-refractivity contribution in [3.63, 3.8) is 0 Å². The summed E-state index contributed by atoms with van der Waals surface area (Å²) < 4.78 is 1.16. The van der Waals surface area contributed by atoms with Crippen molar-refractivity contribution >= 4 is 39.1 Å². The summed E-state index contributed by atoms with van der Waals surface area (Å²) in [4.78, 5) is 31.4. The van der Waals surface area contributed by atoms with Crippen molar-refractivity contribution in [3.05, 3.63) is 20.8 Å². The third kappa shape index (κ3) is 4.55. The molecule has 0 bridgehead atoms. The van der Waals surface area contributed by atoms with E-state index in [4.69, 9.17) is 0 Å². The lowest BCUT2D eigenvalue weighted by atomic mass is 10.2. The first-order chi connectivity index (χ1) is 11.1. The van der Waals surface area contributed by atoms with Crippen LogP contribution in [-0.4, -0.2) is 65.8 Å². The summed E-state index contributed by atoms with van der Waals surface area (Å²) >= 11 is 5.26. The number of amides is 2. The molecule has 3 rings (SSSR count). The van der Waals surface area contributed by atoms with Crippen molar-refractivity contribution in [2.45, 2.75) is 25.8 Å². The van der Waals surface area contributed by atoms with Gasteiger partial charge < -0.3 is 9.80 Å². The summed E-state index contributed by atoms with van der Waals surface area (Å²) in [7, 11) is 0. The second-order valence-electron chi connectivity index (χ2n) is 6.10. The van der Waals surface area contributed by atoms with Crippen LogP contribution in [0.5, 0.6) is 0 Å². The monoisotopic (exact) mass is 399 g/mol. The maximum absolute atomic E-state index is 12.3.